The van der Waals surface area contributed by atoms with Gasteiger partial charge in [0, 0.05) is 6.26 Å². The van der Waals surface area contributed by atoms with E-state index in [1.165, 1.54) is 6.33 Å². The molecular weight excluding hydrogens is 276 g/mol. The highest BCUT2D eigenvalue weighted by molar-refractivity contribution is 7.91. The van der Waals surface area contributed by atoms with E-state index in [2.05, 4.69) is 24.9 Å². The number of nitrogens with two attached hydrogens (primary N) is 1. The van der Waals surface area contributed by atoms with Crippen LogP contribution in [0.2, 0.25) is 0 Å². The van der Waals surface area contributed by atoms with Crippen LogP contribution < -0.4 is 11.1 Å². The molecule has 0 fully saturated rings. The molecule has 2 aromatic rings. The van der Waals surface area contributed by atoms with Crippen LogP contribution in [0, 0.1) is 0 Å². The minimum absolute atomic E-state index is 0.00905. The van der Waals surface area contributed by atoms with Gasteiger partial charge in [0.1, 0.15) is 22.0 Å². The standard InChI is InChI=1S/C8H12N6O2S2/c1-4(7-10-3-11-13-7)12-8-5(18(2,15)16)6(9)14-17-8/h3-4,12H,1-2H3,(H2,9,14)(H,10,11,13). The third-order valence-electron chi connectivity index (χ3n) is 2.24. The summed E-state index contributed by atoms with van der Waals surface area (Å²) in [4.78, 5) is 4.01. The van der Waals surface area contributed by atoms with Crippen LogP contribution in [0.4, 0.5) is 10.8 Å². The van der Waals surface area contributed by atoms with Crippen LogP contribution in [0.1, 0.15) is 18.8 Å². The van der Waals surface area contributed by atoms with Gasteiger partial charge >= 0.3 is 0 Å². The molecule has 0 aromatic carbocycles. The van der Waals surface area contributed by atoms with Crippen molar-refractivity contribution in [3.63, 3.8) is 0 Å². The Morgan fingerprint density at radius 2 is 2.28 bits per heavy atom. The van der Waals surface area contributed by atoms with E-state index >= 15 is 0 Å². The zero-order chi connectivity index (χ0) is 13.3. The first-order chi connectivity index (χ1) is 8.39. The summed E-state index contributed by atoms with van der Waals surface area (Å²) >= 11 is 1.00. The molecule has 1 unspecified atom stereocenters. The lowest BCUT2D eigenvalue weighted by Crippen LogP contribution is -2.10. The first-order valence-corrected chi connectivity index (χ1v) is 7.63. The zero-order valence-electron chi connectivity index (χ0n) is 9.71. The summed E-state index contributed by atoms with van der Waals surface area (Å²) in [5, 5.41) is 9.84. The molecule has 0 aliphatic carbocycles. The average molecular weight is 288 g/mol. The predicted octanol–water partition coefficient (Wildman–Crippen LogP) is 0.420. The van der Waals surface area contributed by atoms with E-state index in [4.69, 9.17) is 5.73 Å². The van der Waals surface area contributed by atoms with E-state index < -0.39 is 9.84 Å². The number of nitrogens with zero attached hydrogens (tertiary/aromatic N) is 3. The molecule has 0 bridgehead atoms. The van der Waals surface area contributed by atoms with E-state index in [0.717, 1.165) is 17.8 Å². The minimum atomic E-state index is -3.42. The number of nitrogens with one attached hydrogen (secondary N) is 2. The molecule has 1 atom stereocenters. The van der Waals surface area contributed by atoms with Gasteiger partial charge in [-0.2, -0.15) is 9.47 Å². The van der Waals surface area contributed by atoms with Crippen molar-refractivity contribution in [3.8, 4) is 0 Å². The monoisotopic (exact) mass is 288 g/mol. The molecule has 4 N–H and O–H groups in total. The lowest BCUT2D eigenvalue weighted by atomic mass is 10.3. The minimum Gasteiger partial charge on any atom is -0.382 e. The highest BCUT2D eigenvalue weighted by Gasteiger charge is 2.23. The Morgan fingerprint density at radius 3 is 2.83 bits per heavy atom. The van der Waals surface area contributed by atoms with Crippen molar-refractivity contribution in [1.82, 2.24) is 19.6 Å². The van der Waals surface area contributed by atoms with Gasteiger partial charge in [-0.1, -0.05) is 0 Å². The fraction of sp³-hybridized carbons (Fsp3) is 0.375. The summed E-state index contributed by atoms with van der Waals surface area (Å²) in [5.74, 6) is 0.608. The van der Waals surface area contributed by atoms with Crippen LogP contribution in [0.5, 0.6) is 0 Å². The molecule has 2 aromatic heterocycles. The number of rotatable bonds is 4. The third-order valence-corrected chi connectivity index (χ3v) is 4.31. The van der Waals surface area contributed by atoms with Crippen molar-refractivity contribution in [2.24, 2.45) is 0 Å². The smallest absolute Gasteiger partial charge is 0.182 e. The summed E-state index contributed by atoms with van der Waals surface area (Å²) in [6.07, 6.45) is 2.48. The van der Waals surface area contributed by atoms with Crippen molar-refractivity contribution in [2.75, 3.05) is 17.3 Å². The number of anilines is 2. The van der Waals surface area contributed by atoms with Crippen LogP contribution in [0.3, 0.4) is 0 Å². The molecule has 2 heterocycles. The summed E-state index contributed by atoms with van der Waals surface area (Å²) in [7, 11) is -3.42. The van der Waals surface area contributed by atoms with Crippen LogP contribution in [0.25, 0.3) is 0 Å². The summed E-state index contributed by atoms with van der Waals surface area (Å²) in [6, 6.07) is -0.229. The highest BCUT2D eigenvalue weighted by atomic mass is 32.2. The molecule has 18 heavy (non-hydrogen) atoms. The Bertz CT molecular complexity index is 633. The highest BCUT2D eigenvalue weighted by Crippen LogP contribution is 2.33. The Morgan fingerprint density at radius 1 is 1.56 bits per heavy atom. The Balaban J connectivity index is 2.31. The first kappa shape index (κ1) is 12.8. The van der Waals surface area contributed by atoms with Crippen LogP contribution in [-0.4, -0.2) is 34.2 Å². The molecule has 8 nitrogen and oxygen atoms in total. The van der Waals surface area contributed by atoms with Gasteiger partial charge < -0.3 is 11.1 Å². The van der Waals surface area contributed by atoms with E-state index in [9.17, 15) is 8.42 Å². The lowest BCUT2D eigenvalue weighted by Gasteiger charge is -2.11. The van der Waals surface area contributed by atoms with Gasteiger partial charge in [-0.3, -0.25) is 5.10 Å². The quantitative estimate of drug-likeness (QED) is 0.744. The van der Waals surface area contributed by atoms with Gasteiger partial charge in [0.25, 0.3) is 0 Å². The number of H-pyrrole nitrogens is 1. The maximum atomic E-state index is 11.6. The normalized spacial score (nSPS) is 13.4. The van der Waals surface area contributed by atoms with Gasteiger partial charge in [-0.25, -0.2) is 13.4 Å². The fourth-order valence-electron chi connectivity index (χ4n) is 1.43. The molecule has 0 saturated heterocycles. The van der Waals surface area contributed by atoms with Gasteiger partial charge in [-0.15, -0.1) is 0 Å². The molecule has 0 radical (unpaired) electrons. The number of sulfone groups is 1. The Labute approximate surface area is 108 Å². The molecule has 0 aliphatic rings. The molecule has 0 spiro atoms. The molecule has 2 rings (SSSR count). The summed E-state index contributed by atoms with van der Waals surface area (Å²) < 4.78 is 27.1. The Kier molecular flexibility index (Phi) is 3.22. The van der Waals surface area contributed by atoms with Crippen molar-refractivity contribution in [1.29, 1.82) is 0 Å². The SMILES string of the molecule is CC(Nc1snc(N)c1S(C)(=O)=O)c1ncn[nH]1. The van der Waals surface area contributed by atoms with E-state index in [-0.39, 0.29) is 16.8 Å². The fourth-order valence-corrected chi connectivity index (χ4v) is 3.58. The molecule has 0 amide bonds. The molecule has 10 heteroatoms. The number of hydrogen-bond acceptors (Lipinski definition) is 8. The largest absolute Gasteiger partial charge is 0.382 e. The second kappa shape index (κ2) is 4.53. The summed E-state index contributed by atoms with van der Waals surface area (Å²) in [6.45, 7) is 1.82. The van der Waals surface area contributed by atoms with Gasteiger partial charge in [0.2, 0.25) is 0 Å². The Hall–Kier alpha value is -1.68. The van der Waals surface area contributed by atoms with Crippen LogP contribution in [0.15, 0.2) is 11.2 Å². The van der Waals surface area contributed by atoms with E-state index in [1.54, 1.807) is 0 Å². The van der Waals surface area contributed by atoms with Gasteiger partial charge in [0.15, 0.2) is 15.7 Å². The molecule has 0 saturated carbocycles. The first-order valence-electron chi connectivity index (χ1n) is 4.96. The van der Waals surface area contributed by atoms with E-state index in [1.807, 2.05) is 6.92 Å². The number of aromatic nitrogens is 4. The third kappa shape index (κ3) is 2.43. The second-order valence-electron chi connectivity index (χ2n) is 3.73. The number of nitrogen functional groups attached to an aromatic ring is 1. The van der Waals surface area contributed by atoms with Gasteiger partial charge in [-0.05, 0) is 18.5 Å². The zero-order valence-corrected chi connectivity index (χ0v) is 11.3. The predicted molar refractivity (Wildman–Crippen MR) is 68.1 cm³/mol. The maximum Gasteiger partial charge on any atom is 0.182 e. The van der Waals surface area contributed by atoms with Crippen molar-refractivity contribution in [3.05, 3.63) is 12.2 Å². The van der Waals surface area contributed by atoms with Crippen molar-refractivity contribution in [2.45, 2.75) is 17.9 Å². The van der Waals surface area contributed by atoms with E-state index in [0.29, 0.717) is 10.8 Å². The lowest BCUT2D eigenvalue weighted by molar-refractivity contribution is 0.602. The van der Waals surface area contributed by atoms with Gasteiger partial charge in [0.05, 0.1) is 6.04 Å². The maximum absolute atomic E-state index is 11.6. The summed E-state index contributed by atoms with van der Waals surface area (Å²) in [5.41, 5.74) is 5.57. The van der Waals surface area contributed by atoms with Crippen LogP contribution in [-0.2, 0) is 9.84 Å². The average Bonchev–Trinajstić information content (AvgIpc) is 2.86. The van der Waals surface area contributed by atoms with Crippen molar-refractivity contribution < 1.29 is 8.42 Å². The molecule has 0 aliphatic heterocycles. The van der Waals surface area contributed by atoms with Crippen LogP contribution >= 0.6 is 11.5 Å². The molecule has 98 valence electrons. The second-order valence-corrected chi connectivity index (χ2v) is 6.46. The number of hydrogen-bond donors (Lipinski definition) is 3. The topological polar surface area (TPSA) is 127 Å². The number of aromatic amines is 1. The van der Waals surface area contributed by atoms with Crippen molar-refractivity contribution >= 4 is 32.2 Å². The molecular formula is C8H12N6O2S2.